The number of nitrogens with zero attached hydrogens (tertiary/aromatic N) is 3. The zero-order valence-electron chi connectivity index (χ0n) is 13.7. The van der Waals surface area contributed by atoms with Gasteiger partial charge in [-0.1, -0.05) is 12.1 Å². The van der Waals surface area contributed by atoms with E-state index in [1.165, 1.54) is 24.6 Å². The van der Waals surface area contributed by atoms with Crippen molar-refractivity contribution in [2.45, 2.75) is 13.0 Å². The summed E-state index contributed by atoms with van der Waals surface area (Å²) in [7, 11) is 0. The van der Waals surface area contributed by atoms with Gasteiger partial charge in [0.05, 0.1) is 4.92 Å². The summed E-state index contributed by atoms with van der Waals surface area (Å²) in [6.07, 6.45) is 0.374. The van der Waals surface area contributed by atoms with Crippen LogP contribution < -0.4 is 10.1 Å². The lowest BCUT2D eigenvalue weighted by atomic mass is 10.2. The van der Waals surface area contributed by atoms with E-state index in [4.69, 9.17) is 9.15 Å². The van der Waals surface area contributed by atoms with E-state index >= 15 is 0 Å². The van der Waals surface area contributed by atoms with Gasteiger partial charge in [-0.15, -0.1) is 10.2 Å². The van der Waals surface area contributed by atoms with Gasteiger partial charge < -0.3 is 14.5 Å². The second kappa shape index (κ2) is 7.43. The van der Waals surface area contributed by atoms with Gasteiger partial charge in [-0.2, -0.15) is 0 Å². The number of anilines is 1. The maximum absolute atomic E-state index is 12.3. The molecular formula is C17H14N4O5. The zero-order valence-corrected chi connectivity index (χ0v) is 13.7. The number of nitro groups is 1. The Labute approximate surface area is 147 Å². The fourth-order valence-corrected chi connectivity index (χ4v) is 2.21. The van der Waals surface area contributed by atoms with Gasteiger partial charge in [0.15, 0.2) is 6.10 Å². The molecule has 0 spiro atoms. The zero-order chi connectivity index (χ0) is 18.5. The number of aromatic nitrogens is 2. The van der Waals surface area contributed by atoms with Crippen molar-refractivity contribution in [3.8, 4) is 17.2 Å². The van der Waals surface area contributed by atoms with E-state index in [2.05, 4.69) is 15.5 Å². The molecule has 9 nitrogen and oxygen atoms in total. The number of nitrogens with one attached hydrogen (secondary N) is 1. The quantitative estimate of drug-likeness (QED) is 0.533. The number of amides is 1. The van der Waals surface area contributed by atoms with E-state index in [1.54, 1.807) is 37.3 Å². The van der Waals surface area contributed by atoms with Crippen LogP contribution in [0.5, 0.6) is 5.75 Å². The summed E-state index contributed by atoms with van der Waals surface area (Å²) in [5.74, 6) is 0.331. The minimum Gasteiger partial charge on any atom is -0.481 e. The highest BCUT2D eigenvalue weighted by Gasteiger charge is 2.20. The predicted octanol–water partition coefficient (Wildman–Crippen LogP) is 3.05. The Morgan fingerprint density at radius 1 is 1.23 bits per heavy atom. The molecule has 132 valence electrons. The molecule has 1 N–H and O–H groups in total. The molecule has 1 amide bonds. The minimum atomic E-state index is -0.857. The van der Waals surface area contributed by atoms with Gasteiger partial charge >= 0.3 is 0 Å². The van der Waals surface area contributed by atoms with Gasteiger partial charge in [0.2, 0.25) is 12.3 Å². The average Bonchev–Trinajstić information content (AvgIpc) is 3.17. The fraction of sp³-hybridized carbons (Fsp3) is 0.118. The van der Waals surface area contributed by atoms with Crippen molar-refractivity contribution >= 4 is 17.3 Å². The molecule has 9 heteroatoms. The second-order valence-electron chi connectivity index (χ2n) is 5.29. The first-order valence-corrected chi connectivity index (χ1v) is 7.62. The largest absolute Gasteiger partial charge is 0.481 e. The third kappa shape index (κ3) is 3.83. The van der Waals surface area contributed by atoms with Gasteiger partial charge in [0, 0.05) is 11.6 Å². The van der Waals surface area contributed by atoms with Crippen LogP contribution in [0.2, 0.25) is 0 Å². The van der Waals surface area contributed by atoms with Crippen LogP contribution in [-0.4, -0.2) is 27.1 Å². The topological polar surface area (TPSA) is 120 Å². The van der Waals surface area contributed by atoms with Crippen LogP contribution in [0.3, 0.4) is 0 Å². The van der Waals surface area contributed by atoms with Crippen molar-refractivity contribution in [1.82, 2.24) is 10.2 Å². The first kappa shape index (κ1) is 17.1. The monoisotopic (exact) mass is 354 g/mol. The summed E-state index contributed by atoms with van der Waals surface area (Å²) in [4.78, 5) is 22.7. The molecule has 3 aromatic rings. The lowest BCUT2D eigenvalue weighted by Gasteiger charge is -2.15. The Morgan fingerprint density at radius 3 is 2.62 bits per heavy atom. The number of para-hydroxylation sites is 2. The highest BCUT2D eigenvalue weighted by molar-refractivity contribution is 5.96. The first-order chi connectivity index (χ1) is 12.5. The van der Waals surface area contributed by atoms with Gasteiger partial charge in [-0.3, -0.25) is 14.9 Å². The standard InChI is InChI=1S/C17H14N4O5/c1-11(16(22)19-14-4-2-3-5-15(14)21(23)24)26-13-8-6-12(7-9-13)17-20-18-10-25-17/h2-11H,1H3,(H,19,22)/t11-/m1/s1. The number of nitro benzene ring substituents is 1. The molecule has 0 aliphatic carbocycles. The van der Waals surface area contributed by atoms with Gasteiger partial charge in [-0.05, 0) is 37.3 Å². The first-order valence-electron chi connectivity index (χ1n) is 7.62. The summed E-state index contributed by atoms with van der Waals surface area (Å²) in [6, 6.07) is 12.7. The third-order valence-electron chi connectivity index (χ3n) is 3.50. The number of benzene rings is 2. The molecule has 0 saturated heterocycles. The van der Waals surface area contributed by atoms with E-state index in [9.17, 15) is 14.9 Å². The molecule has 26 heavy (non-hydrogen) atoms. The van der Waals surface area contributed by atoms with E-state index in [1.807, 2.05) is 0 Å². The number of ether oxygens (including phenoxy) is 1. The van der Waals surface area contributed by atoms with Crippen molar-refractivity contribution in [1.29, 1.82) is 0 Å². The Kier molecular flexibility index (Phi) is 4.88. The van der Waals surface area contributed by atoms with Crippen molar-refractivity contribution in [3.05, 3.63) is 65.0 Å². The number of hydrogen-bond donors (Lipinski definition) is 1. The summed E-state index contributed by atoms with van der Waals surface area (Å²) in [5, 5.41) is 20.9. The Hall–Kier alpha value is -3.75. The molecule has 0 fully saturated rings. The van der Waals surface area contributed by atoms with E-state index in [0.717, 1.165) is 0 Å². The van der Waals surface area contributed by atoms with Crippen molar-refractivity contribution < 1.29 is 18.9 Å². The Morgan fingerprint density at radius 2 is 1.96 bits per heavy atom. The summed E-state index contributed by atoms with van der Waals surface area (Å²) in [5.41, 5.74) is 0.647. The molecular weight excluding hydrogens is 340 g/mol. The van der Waals surface area contributed by atoms with Gasteiger partial charge in [-0.25, -0.2) is 0 Å². The molecule has 0 aliphatic rings. The molecule has 1 atom stereocenters. The Bertz CT molecular complexity index is 909. The number of carbonyl (C=O) groups is 1. The minimum absolute atomic E-state index is 0.115. The van der Waals surface area contributed by atoms with E-state index in [-0.39, 0.29) is 11.4 Å². The number of hydrogen-bond acceptors (Lipinski definition) is 7. The van der Waals surface area contributed by atoms with Crippen LogP contribution in [0.15, 0.2) is 59.3 Å². The molecule has 3 rings (SSSR count). The summed E-state index contributed by atoms with van der Waals surface area (Å²) >= 11 is 0. The lowest BCUT2D eigenvalue weighted by molar-refractivity contribution is -0.383. The highest BCUT2D eigenvalue weighted by Crippen LogP contribution is 2.24. The van der Waals surface area contributed by atoms with Crippen LogP contribution in [0, 0.1) is 10.1 Å². The van der Waals surface area contributed by atoms with Gasteiger partial charge in [0.1, 0.15) is 11.4 Å². The number of rotatable bonds is 6. The normalized spacial score (nSPS) is 11.6. The molecule has 0 saturated carbocycles. The average molecular weight is 354 g/mol. The number of carbonyl (C=O) groups excluding carboxylic acids is 1. The molecule has 0 aliphatic heterocycles. The van der Waals surface area contributed by atoms with Crippen LogP contribution in [0.25, 0.3) is 11.5 Å². The van der Waals surface area contributed by atoms with Gasteiger partial charge in [0.25, 0.3) is 11.6 Å². The SMILES string of the molecule is C[C@@H](Oc1ccc(-c2nnco2)cc1)C(=O)Nc1ccccc1[N+](=O)[O-]. The van der Waals surface area contributed by atoms with Crippen LogP contribution in [-0.2, 0) is 4.79 Å². The lowest BCUT2D eigenvalue weighted by Crippen LogP contribution is -2.30. The van der Waals surface area contributed by atoms with Crippen molar-refractivity contribution in [2.24, 2.45) is 0 Å². The molecule has 0 unspecified atom stereocenters. The maximum atomic E-state index is 12.3. The van der Waals surface area contributed by atoms with E-state index in [0.29, 0.717) is 17.2 Å². The highest BCUT2D eigenvalue weighted by atomic mass is 16.6. The molecule has 2 aromatic carbocycles. The molecule has 0 radical (unpaired) electrons. The van der Waals surface area contributed by atoms with Crippen LogP contribution in [0.1, 0.15) is 6.92 Å². The fourth-order valence-electron chi connectivity index (χ4n) is 2.21. The van der Waals surface area contributed by atoms with Crippen LogP contribution in [0.4, 0.5) is 11.4 Å². The molecule has 1 heterocycles. The third-order valence-corrected chi connectivity index (χ3v) is 3.50. The Balaban J connectivity index is 1.65. The maximum Gasteiger partial charge on any atom is 0.292 e. The summed E-state index contributed by atoms with van der Waals surface area (Å²) < 4.78 is 10.7. The second-order valence-corrected chi connectivity index (χ2v) is 5.29. The molecule has 0 bridgehead atoms. The van der Waals surface area contributed by atoms with E-state index < -0.39 is 16.9 Å². The van der Waals surface area contributed by atoms with Crippen LogP contribution >= 0.6 is 0 Å². The molecule has 1 aromatic heterocycles. The summed E-state index contributed by atoms with van der Waals surface area (Å²) in [6.45, 7) is 1.55. The predicted molar refractivity (Wildman–Crippen MR) is 91.6 cm³/mol. The van der Waals surface area contributed by atoms with Crippen molar-refractivity contribution in [2.75, 3.05) is 5.32 Å². The van der Waals surface area contributed by atoms with Crippen molar-refractivity contribution in [3.63, 3.8) is 0 Å². The smallest absolute Gasteiger partial charge is 0.292 e.